The van der Waals surface area contributed by atoms with Crippen molar-refractivity contribution in [2.45, 2.75) is 12.3 Å². The Morgan fingerprint density at radius 2 is 1.73 bits per heavy atom. The minimum absolute atomic E-state index is 0.00755. The largest absolute Gasteiger partial charge is 0.449 e. The minimum atomic E-state index is -0.567. The molecule has 0 saturated heterocycles. The van der Waals surface area contributed by atoms with Crippen molar-refractivity contribution in [3.8, 4) is 23.0 Å². The molecule has 3 aromatic rings. The number of nitro groups is 1. The van der Waals surface area contributed by atoms with Crippen LogP contribution in [0.5, 0.6) is 0 Å². The number of carbonyl (C=O) groups is 2. The van der Waals surface area contributed by atoms with E-state index in [0.29, 0.717) is 18.3 Å². The van der Waals surface area contributed by atoms with Gasteiger partial charge in [-0.05, 0) is 28.3 Å². The Hall–Kier alpha value is -4.44. The molecule has 7 heteroatoms. The summed E-state index contributed by atoms with van der Waals surface area (Å²) in [6.07, 6.45) is 0.341. The van der Waals surface area contributed by atoms with Crippen LogP contribution < -0.4 is 5.32 Å². The molecule has 0 atom stereocenters. The van der Waals surface area contributed by atoms with E-state index in [4.69, 9.17) is 4.74 Å². The molecule has 0 aromatic heterocycles. The van der Waals surface area contributed by atoms with Crippen LogP contribution in [0.4, 0.5) is 10.5 Å². The zero-order chi connectivity index (χ0) is 23.2. The van der Waals surface area contributed by atoms with Gasteiger partial charge in [0.15, 0.2) is 6.29 Å². The average molecular weight is 440 g/mol. The van der Waals surface area contributed by atoms with E-state index in [1.807, 2.05) is 24.3 Å². The average Bonchev–Trinajstić information content (AvgIpc) is 3.16. The molecule has 0 heterocycles. The van der Waals surface area contributed by atoms with Crippen LogP contribution in [0, 0.1) is 22.0 Å². The van der Waals surface area contributed by atoms with E-state index in [1.165, 1.54) is 29.3 Å². The van der Waals surface area contributed by atoms with Crippen molar-refractivity contribution in [1.29, 1.82) is 0 Å². The van der Waals surface area contributed by atoms with Crippen molar-refractivity contribution in [2.75, 3.05) is 13.2 Å². The van der Waals surface area contributed by atoms with Crippen molar-refractivity contribution in [2.24, 2.45) is 0 Å². The molecule has 1 aliphatic rings. The zero-order valence-corrected chi connectivity index (χ0v) is 17.6. The highest BCUT2D eigenvalue weighted by Crippen LogP contribution is 2.44. The number of aldehydes is 1. The standard InChI is InChI=1S/C26H20N2O5/c29-16-19-15-20(28(31)32)13-12-18(19)7-5-6-14-27-26(30)33-17-25-23-10-3-1-8-21(23)22-9-2-4-11-24(22)25/h1-4,8-13,15-16,25H,6,14,17H2,(H,27,30). The third kappa shape index (κ3) is 4.75. The molecule has 0 fully saturated rings. The van der Waals surface area contributed by atoms with Gasteiger partial charge in [-0.3, -0.25) is 14.9 Å². The Bertz CT molecular complexity index is 1240. The van der Waals surface area contributed by atoms with Crippen LogP contribution in [0.1, 0.15) is 39.4 Å². The Labute approximate surface area is 190 Å². The second-order valence-electron chi connectivity index (χ2n) is 7.45. The molecule has 0 saturated carbocycles. The number of ether oxygens (including phenoxy) is 1. The van der Waals surface area contributed by atoms with E-state index in [-0.39, 0.29) is 30.3 Å². The third-order valence-electron chi connectivity index (χ3n) is 5.46. The number of non-ortho nitro benzene ring substituents is 1. The van der Waals surface area contributed by atoms with Gasteiger partial charge in [0.1, 0.15) is 6.61 Å². The number of alkyl carbamates (subject to hydrolysis) is 1. The van der Waals surface area contributed by atoms with Crippen molar-refractivity contribution in [3.05, 3.63) is 99.1 Å². The predicted octanol–water partition coefficient (Wildman–Crippen LogP) is 4.69. The first kappa shape index (κ1) is 21.8. The first-order valence-corrected chi connectivity index (χ1v) is 10.4. The van der Waals surface area contributed by atoms with Crippen molar-refractivity contribution < 1.29 is 19.2 Å². The molecular weight excluding hydrogens is 420 g/mol. The SMILES string of the molecule is O=Cc1cc([N+](=O)[O-])ccc1C#CCCNC(=O)OCC1c2ccccc2-c2ccccc21. The Kier molecular flexibility index (Phi) is 6.46. The monoisotopic (exact) mass is 440 g/mol. The van der Waals surface area contributed by atoms with E-state index in [2.05, 4.69) is 41.4 Å². The molecule has 0 spiro atoms. The number of carbonyl (C=O) groups excluding carboxylic acids is 2. The fourth-order valence-corrected chi connectivity index (χ4v) is 3.91. The summed E-state index contributed by atoms with van der Waals surface area (Å²) >= 11 is 0. The fourth-order valence-electron chi connectivity index (χ4n) is 3.91. The predicted molar refractivity (Wildman–Crippen MR) is 123 cm³/mol. The smallest absolute Gasteiger partial charge is 0.407 e. The summed E-state index contributed by atoms with van der Waals surface area (Å²) in [5.41, 5.74) is 5.01. The maximum atomic E-state index is 12.2. The molecule has 0 bridgehead atoms. The number of benzene rings is 3. The number of nitrogens with one attached hydrogen (secondary N) is 1. The fraction of sp³-hybridized carbons (Fsp3) is 0.154. The van der Waals surface area contributed by atoms with Gasteiger partial charge in [-0.25, -0.2) is 4.79 Å². The number of amides is 1. The molecule has 0 aliphatic heterocycles. The summed E-state index contributed by atoms with van der Waals surface area (Å²) in [6.45, 7) is 0.504. The lowest BCUT2D eigenvalue weighted by molar-refractivity contribution is -0.384. The molecule has 33 heavy (non-hydrogen) atoms. The topological polar surface area (TPSA) is 98.5 Å². The number of nitro benzene ring substituents is 1. The molecular formula is C26H20N2O5. The normalized spacial score (nSPS) is 11.5. The van der Waals surface area contributed by atoms with Crippen molar-refractivity contribution >= 4 is 18.1 Å². The number of rotatable bonds is 6. The summed E-state index contributed by atoms with van der Waals surface area (Å²) in [6, 6.07) is 20.2. The first-order chi connectivity index (χ1) is 16.1. The van der Waals surface area contributed by atoms with Crippen LogP contribution in [0.15, 0.2) is 66.7 Å². The van der Waals surface area contributed by atoms with Gasteiger partial charge in [-0.2, -0.15) is 0 Å². The van der Waals surface area contributed by atoms with Gasteiger partial charge in [0.25, 0.3) is 5.69 Å². The summed E-state index contributed by atoms with van der Waals surface area (Å²) in [7, 11) is 0. The van der Waals surface area contributed by atoms with E-state index < -0.39 is 11.0 Å². The molecule has 0 radical (unpaired) electrons. The molecule has 3 aromatic carbocycles. The molecule has 164 valence electrons. The summed E-state index contributed by atoms with van der Waals surface area (Å²) in [5.74, 6) is 5.65. The van der Waals surface area contributed by atoms with Gasteiger partial charge in [0, 0.05) is 42.1 Å². The van der Waals surface area contributed by atoms with Gasteiger partial charge in [-0.15, -0.1) is 0 Å². The highest BCUT2D eigenvalue weighted by Gasteiger charge is 2.28. The Morgan fingerprint density at radius 1 is 1.06 bits per heavy atom. The van der Waals surface area contributed by atoms with Gasteiger partial charge in [0.2, 0.25) is 0 Å². The van der Waals surface area contributed by atoms with Gasteiger partial charge >= 0.3 is 6.09 Å². The maximum absolute atomic E-state index is 12.2. The van der Waals surface area contributed by atoms with Crippen LogP contribution >= 0.6 is 0 Å². The molecule has 1 N–H and O–H groups in total. The van der Waals surface area contributed by atoms with Gasteiger partial charge < -0.3 is 10.1 Å². The zero-order valence-electron chi connectivity index (χ0n) is 17.6. The van der Waals surface area contributed by atoms with Crippen LogP contribution in [-0.4, -0.2) is 30.5 Å². The highest BCUT2D eigenvalue weighted by atomic mass is 16.6. The van der Waals surface area contributed by atoms with Crippen LogP contribution in [0.25, 0.3) is 11.1 Å². The van der Waals surface area contributed by atoms with Crippen LogP contribution in [0.2, 0.25) is 0 Å². The number of hydrogen-bond acceptors (Lipinski definition) is 5. The van der Waals surface area contributed by atoms with Crippen LogP contribution in [-0.2, 0) is 4.74 Å². The molecule has 0 unspecified atom stereocenters. The van der Waals surface area contributed by atoms with E-state index >= 15 is 0 Å². The number of fused-ring (bicyclic) bond motifs is 3. The van der Waals surface area contributed by atoms with Gasteiger partial charge in [-0.1, -0.05) is 60.4 Å². The second kappa shape index (κ2) is 9.79. The molecule has 1 amide bonds. The number of hydrogen-bond donors (Lipinski definition) is 1. The van der Waals surface area contributed by atoms with Crippen molar-refractivity contribution in [1.82, 2.24) is 5.32 Å². The Morgan fingerprint density at radius 3 is 2.36 bits per heavy atom. The van der Waals surface area contributed by atoms with E-state index in [9.17, 15) is 19.7 Å². The third-order valence-corrected chi connectivity index (χ3v) is 5.46. The summed E-state index contributed by atoms with van der Waals surface area (Å²) < 4.78 is 5.47. The molecule has 4 rings (SSSR count). The highest BCUT2D eigenvalue weighted by molar-refractivity contribution is 5.81. The van der Waals surface area contributed by atoms with Crippen LogP contribution in [0.3, 0.4) is 0 Å². The van der Waals surface area contributed by atoms with Crippen molar-refractivity contribution in [3.63, 3.8) is 0 Å². The van der Waals surface area contributed by atoms with Gasteiger partial charge in [0.05, 0.1) is 4.92 Å². The Balaban J connectivity index is 1.30. The lowest BCUT2D eigenvalue weighted by Gasteiger charge is -2.14. The first-order valence-electron chi connectivity index (χ1n) is 10.4. The maximum Gasteiger partial charge on any atom is 0.407 e. The lowest BCUT2D eigenvalue weighted by Crippen LogP contribution is -2.26. The second-order valence-corrected chi connectivity index (χ2v) is 7.45. The number of nitrogens with zero attached hydrogens (tertiary/aromatic N) is 1. The molecule has 1 aliphatic carbocycles. The minimum Gasteiger partial charge on any atom is -0.449 e. The summed E-state index contributed by atoms with van der Waals surface area (Å²) in [4.78, 5) is 33.6. The molecule has 7 nitrogen and oxygen atoms in total. The lowest BCUT2D eigenvalue weighted by atomic mass is 9.98. The van der Waals surface area contributed by atoms with E-state index in [0.717, 1.165) is 11.1 Å². The quantitative estimate of drug-likeness (QED) is 0.197. The van der Waals surface area contributed by atoms with E-state index in [1.54, 1.807) is 0 Å². The summed E-state index contributed by atoms with van der Waals surface area (Å²) in [5, 5.41) is 13.5.